The Bertz CT molecular complexity index is 328. The highest BCUT2D eigenvalue weighted by molar-refractivity contribution is 7.97. The van der Waals surface area contributed by atoms with Crippen LogP contribution in [0.3, 0.4) is 0 Å². The monoisotopic (exact) mass is 326 g/mol. The Balaban J connectivity index is 0.000000763. The summed E-state index contributed by atoms with van der Waals surface area (Å²) >= 11 is 1.68. The van der Waals surface area contributed by atoms with Gasteiger partial charge in [0.2, 0.25) is 0 Å². The Hall–Kier alpha value is -0.710. The Morgan fingerprint density at radius 2 is 1.64 bits per heavy atom. The molecule has 3 N–H and O–H groups in total. The van der Waals surface area contributed by atoms with Crippen molar-refractivity contribution in [3.63, 3.8) is 0 Å². The first-order chi connectivity index (χ1) is 10.8. The quantitative estimate of drug-likeness (QED) is 0.443. The fraction of sp³-hybridized carbons (Fsp3) is 0.667. The number of benzene rings is 1. The van der Waals surface area contributed by atoms with Crippen LogP contribution in [0.15, 0.2) is 29.2 Å². The van der Waals surface area contributed by atoms with Gasteiger partial charge < -0.3 is 10.5 Å². The predicted molar refractivity (Wildman–Crippen MR) is 99.6 cm³/mol. The number of nitrogens with two attached hydrogens (primary N) is 1. The fourth-order valence-corrected chi connectivity index (χ4v) is 2.33. The molecule has 1 aromatic carbocycles. The third-order valence-corrected chi connectivity index (χ3v) is 3.80. The van der Waals surface area contributed by atoms with Gasteiger partial charge in [0.05, 0.1) is 6.61 Å². The van der Waals surface area contributed by atoms with Gasteiger partial charge in [0.1, 0.15) is 5.75 Å². The Morgan fingerprint density at radius 3 is 2.14 bits per heavy atom. The lowest BCUT2D eigenvalue weighted by molar-refractivity contribution is 0.306. The smallest absolute Gasteiger partial charge is 0.119 e. The second-order valence-electron chi connectivity index (χ2n) is 5.17. The summed E-state index contributed by atoms with van der Waals surface area (Å²) in [6.07, 6.45) is 7.17. The van der Waals surface area contributed by atoms with Crippen molar-refractivity contribution in [2.24, 2.45) is 5.73 Å². The van der Waals surface area contributed by atoms with E-state index in [1.54, 1.807) is 11.9 Å². The van der Waals surface area contributed by atoms with Crippen LogP contribution < -0.4 is 15.2 Å². The van der Waals surface area contributed by atoms with E-state index in [1.165, 1.54) is 30.6 Å². The maximum absolute atomic E-state index is 5.66. The zero-order valence-electron chi connectivity index (χ0n) is 14.6. The molecule has 0 amide bonds. The molecule has 0 saturated carbocycles. The van der Waals surface area contributed by atoms with Crippen molar-refractivity contribution in [3.8, 4) is 5.75 Å². The third kappa shape index (κ3) is 13.0. The molecule has 1 rings (SSSR count). The van der Waals surface area contributed by atoms with E-state index in [1.807, 2.05) is 12.1 Å². The summed E-state index contributed by atoms with van der Waals surface area (Å²) in [6, 6.07) is 8.29. The van der Waals surface area contributed by atoms with Crippen LogP contribution in [0.4, 0.5) is 0 Å². The number of rotatable bonds is 11. The van der Waals surface area contributed by atoms with Gasteiger partial charge in [0, 0.05) is 11.4 Å². The van der Waals surface area contributed by atoms with Gasteiger partial charge in [-0.1, -0.05) is 40.0 Å². The molecule has 0 saturated heterocycles. The largest absolute Gasteiger partial charge is 0.494 e. The highest BCUT2D eigenvalue weighted by Crippen LogP contribution is 2.19. The topological polar surface area (TPSA) is 47.3 Å². The van der Waals surface area contributed by atoms with E-state index in [2.05, 4.69) is 37.6 Å². The molecule has 0 fully saturated rings. The summed E-state index contributed by atoms with van der Waals surface area (Å²) in [5.74, 6) is 0.973. The zero-order chi connectivity index (χ0) is 16.5. The summed E-state index contributed by atoms with van der Waals surface area (Å²) in [5, 5.41) is 0. The molecule has 0 unspecified atom stereocenters. The number of hydrogen-bond donors (Lipinski definition) is 2. The highest BCUT2D eigenvalue weighted by Gasteiger charge is 1.96. The zero-order valence-corrected chi connectivity index (χ0v) is 15.4. The van der Waals surface area contributed by atoms with Crippen molar-refractivity contribution in [2.45, 2.75) is 64.2 Å². The SMILES string of the molecule is CCCCCOc1ccc(SNCCC)cc1.CCCCN. The van der Waals surface area contributed by atoms with Crippen LogP contribution in [-0.4, -0.2) is 19.7 Å². The van der Waals surface area contributed by atoms with Crippen LogP contribution in [0.2, 0.25) is 0 Å². The Morgan fingerprint density at radius 1 is 0.955 bits per heavy atom. The molecular weight excluding hydrogens is 292 g/mol. The molecule has 0 aliphatic heterocycles. The maximum atomic E-state index is 5.66. The average Bonchev–Trinajstić information content (AvgIpc) is 2.55. The van der Waals surface area contributed by atoms with Gasteiger partial charge >= 0.3 is 0 Å². The van der Waals surface area contributed by atoms with E-state index in [0.717, 1.165) is 38.3 Å². The van der Waals surface area contributed by atoms with Crippen LogP contribution in [0.1, 0.15) is 59.3 Å². The fourth-order valence-electron chi connectivity index (χ4n) is 1.59. The van der Waals surface area contributed by atoms with Gasteiger partial charge in [0.15, 0.2) is 0 Å². The van der Waals surface area contributed by atoms with E-state index in [-0.39, 0.29) is 0 Å². The van der Waals surface area contributed by atoms with E-state index < -0.39 is 0 Å². The van der Waals surface area contributed by atoms with E-state index >= 15 is 0 Å². The summed E-state index contributed by atoms with van der Waals surface area (Å²) in [6.45, 7) is 9.22. The van der Waals surface area contributed by atoms with Crippen molar-refractivity contribution < 1.29 is 4.74 Å². The summed E-state index contributed by atoms with van der Waals surface area (Å²) in [4.78, 5) is 1.24. The molecular formula is C18H34N2OS. The minimum absolute atomic E-state index is 0.828. The second-order valence-corrected chi connectivity index (χ2v) is 6.13. The summed E-state index contributed by atoms with van der Waals surface area (Å²) < 4.78 is 8.97. The standard InChI is InChI=1S/C14H23NOS.C4H11N/c1-3-5-6-12-16-13-7-9-14(10-8-13)17-15-11-4-2;1-2-3-4-5/h7-10,15H,3-6,11-12H2,1-2H3;2-5H2,1H3. The highest BCUT2D eigenvalue weighted by atomic mass is 32.2. The number of hydrogen-bond acceptors (Lipinski definition) is 4. The van der Waals surface area contributed by atoms with Crippen LogP contribution in [0.25, 0.3) is 0 Å². The molecule has 0 spiro atoms. The Labute approximate surface area is 141 Å². The lowest BCUT2D eigenvalue weighted by Crippen LogP contribution is -2.03. The molecule has 3 nitrogen and oxygen atoms in total. The van der Waals surface area contributed by atoms with Gasteiger partial charge in [0.25, 0.3) is 0 Å². The van der Waals surface area contributed by atoms with Crippen LogP contribution in [0.5, 0.6) is 5.75 Å². The van der Waals surface area contributed by atoms with Crippen molar-refractivity contribution in [1.29, 1.82) is 0 Å². The molecule has 0 aromatic heterocycles. The van der Waals surface area contributed by atoms with Gasteiger partial charge in [-0.05, 0) is 62.0 Å². The maximum Gasteiger partial charge on any atom is 0.119 e. The number of ether oxygens (including phenoxy) is 1. The molecule has 22 heavy (non-hydrogen) atoms. The first kappa shape index (κ1) is 21.3. The van der Waals surface area contributed by atoms with Crippen LogP contribution in [-0.2, 0) is 0 Å². The summed E-state index contributed by atoms with van der Waals surface area (Å²) in [5.41, 5.74) is 5.14. The van der Waals surface area contributed by atoms with Gasteiger partial charge in [-0.15, -0.1) is 0 Å². The Kier molecular flexibility index (Phi) is 16.1. The lowest BCUT2D eigenvalue weighted by Gasteiger charge is -2.07. The molecule has 0 atom stereocenters. The van der Waals surface area contributed by atoms with Crippen molar-refractivity contribution >= 4 is 11.9 Å². The minimum atomic E-state index is 0.828. The first-order valence-electron chi connectivity index (χ1n) is 8.61. The van der Waals surface area contributed by atoms with Crippen LogP contribution >= 0.6 is 11.9 Å². The van der Waals surface area contributed by atoms with Crippen molar-refractivity contribution in [2.75, 3.05) is 19.7 Å². The molecule has 128 valence electrons. The molecule has 4 heteroatoms. The second kappa shape index (κ2) is 16.7. The minimum Gasteiger partial charge on any atom is -0.494 e. The van der Waals surface area contributed by atoms with Gasteiger partial charge in [-0.2, -0.15) is 0 Å². The van der Waals surface area contributed by atoms with Crippen molar-refractivity contribution in [3.05, 3.63) is 24.3 Å². The number of unbranched alkanes of at least 4 members (excludes halogenated alkanes) is 3. The average molecular weight is 327 g/mol. The lowest BCUT2D eigenvalue weighted by atomic mass is 10.3. The molecule has 0 radical (unpaired) electrons. The van der Waals surface area contributed by atoms with Gasteiger partial charge in [-0.25, -0.2) is 0 Å². The predicted octanol–water partition coefficient (Wildman–Crippen LogP) is 5.01. The van der Waals surface area contributed by atoms with E-state index in [0.29, 0.717) is 0 Å². The molecule has 0 aliphatic carbocycles. The van der Waals surface area contributed by atoms with E-state index in [4.69, 9.17) is 10.5 Å². The summed E-state index contributed by atoms with van der Waals surface area (Å²) in [7, 11) is 0. The third-order valence-electron chi connectivity index (χ3n) is 2.94. The molecule has 1 aromatic rings. The van der Waals surface area contributed by atoms with E-state index in [9.17, 15) is 0 Å². The van der Waals surface area contributed by atoms with Gasteiger partial charge in [-0.3, -0.25) is 4.72 Å². The van der Waals surface area contributed by atoms with Crippen molar-refractivity contribution in [1.82, 2.24) is 4.72 Å². The molecule has 0 heterocycles. The number of nitrogens with one attached hydrogen (secondary N) is 1. The molecule has 0 aliphatic rings. The normalized spacial score (nSPS) is 10.0. The van der Waals surface area contributed by atoms with Crippen LogP contribution in [0, 0.1) is 0 Å². The first-order valence-corrected chi connectivity index (χ1v) is 9.42. The molecule has 0 bridgehead atoms.